The third-order valence-electron chi connectivity index (χ3n) is 3.72. The van der Waals surface area contributed by atoms with Gasteiger partial charge in [-0.3, -0.25) is 10.1 Å². The zero-order valence-corrected chi connectivity index (χ0v) is 13.4. The molecule has 0 bridgehead atoms. The molecule has 1 amide bonds. The summed E-state index contributed by atoms with van der Waals surface area (Å²) in [6.45, 7) is 0.224. The maximum Gasteiger partial charge on any atom is 0.322 e. The highest BCUT2D eigenvalue weighted by Gasteiger charge is 2.27. The Labute approximate surface area is 148 Å². The van der Waals surface area contributed by atoms with E-state index >= 15 is 0 Å². The van der Waals surface area contributed by atoms with Crippen molar-refractivity contribution in [2.45, 2.75) is 6.10 Å². The van der Waals surface area contributed by atoms with Crippen LogP contribution in [-0.4, -0.2) is 22.7 Å². The standard InChI is InChI=1S/C18H12N4O4/c19-9-11-5-7-12(8-6-11)16(23)20-18-22-21-17(26-18)15-10-24-13-3-1-2-4-14(13)25-15/h1-8,15H,10H2,(H,20,22,23)/t15-/m1/s1. The Hall–Kier alpha value is -3.86. The number of hydrogen-bond donors (Lipinski definition) is 1. The van der Waals surface area contributed by atoms with Crippen LogP contribution in [0.1, 0.15) is 27.9 Å². The van der Waals surface area contributed by atoms with Gasteiger partial charge in [-0.1, -0.05) is 17.2 Å². The quantitative estimate of drug-likeness (QED) is 0.774. The van der Waals surface area contributed by atoms with Crippen LogP contribution in [0, 0.1) is 11.3 Å². The number of para-hydroxylation sites is 2. The van der Waals surface area contributed by atoms with Gasteiger partial charge in [0, 0.05) is 5.56 Å². The lowest BCUT2D eigenvalue weighted by Gasteiger charge is -2.23. The van der Waals surface area contributed by atoms with Crippen molar-refractivity contribution in [2.75, 3.05) is 11.9 Å². The Morgan fingerprint density at radius 2 is 1.88 bits per heavy atom. The molecule has 2 aromatic carbocycles. The summed E-state index contributed by atoms with van der Waals surface area (Å²) in [6, 6.07) is 15.4. The van der Waals surface area contributed by atoms with Crippen molar-refractivity contribution < 1.29 is 18.7 Å². The summed E-state index contributed by atoms with van der Waals surface area (Å²) in [6.07, 6.45) is -0.557. The van der Waals surface area contributed by atoms with Crippen LogP contribution in [0.25, 0.3) is 0 Å². The van der Waals surface area contributed by atoms with Crippen molar-refractivity contribution in [3.63, 3.8) is 0 Å². The fraction of sp³-hybridized carbons (Fsp3) is 0.111. The van der Waals surface area contributed by atoms with E-state index in [1.54, 1.807) is 30.3 Å². The minimum absolute atomic E-state index is 0.0446. The molecule has 0 saturated heterocycles. The SMILES string of the molecule is N#Cc1ccc(C(=O)Nc2nnc([C@H]3COc4ccccc4O3)o2)cc1. The van der Waals surface area contributed by atoms with Crippen molar-refractivity contribution >= 4 is 11.9 Å². The number of anilines is 1. The lowest BCUT2D eigenvalue weighted by molar-refractivity contribution is 0.0716. The first-order valence-electron chi connectivity index (χ1n) is 7.76. The molecule has 1 aliphatic heterocycles. The first-order valence-corrected chi connectivity index (χ1v) is 7.76. The molecule has 26 heavy (non-hydrogen) atoms. The van der Waals surface area contributed by atoms with Gasteiger partial charge in [-0.25, -0.2) is 0 Å². The molecule has 1 aliphatic rings. The maximum absolute atomic E-state index is 12.2. The van der Waals surface area contributed by atoms with Crippen LogP contribution in [0.3, 0.4) is 0 Å². The van der Waals surface area contributed by atoms with Gasteiger partial charge in [0.25, 0.3) is 11.8 Å². The predicted molar refractivity (Wildman–Crippen MR) is 88.7 cm³/mol. The molecule has 0 unspecified atom stereocenters. The number of amides is 1. The molecule has 2 heterocycles. The Balaban J connectivity index is 1.45. The molecule has 8 nitrogen and oxygen atoms in total. The zero-order chi connectivity index (χ0) is 17.9. The van der Waals surface area contributed by atoms with E-state index < -0.39 is 12.0 Å². The summed E-state index contributed by atoms with van der Waals surface area (Å²) < 4.78 is 16.9. The topological polar surface area (TPSA) is 110 Å². The number of hydrogen-bond acceptors (Lipinski definition) is 7. The van der Waals surface area contributed by atoms with Gasteiger partial charge in [-0.15, -0.1) is 5.10 Å². The number of nitriles is 1. The van der Waals surface area contributed by atoms with Gasteiger partial charge in [0.05, 0.1) is 11.6 Å². The van der Waals surface area contributed by atoms with Gasteiger partial charge in [-0.2, -0.15) is 5.26 Å². The van der Waals surface area contributed by atoms with Gasteiger partial charge in [0.2, 0.25) is 6.10 Å². The average Bonchev–Trinajstić information content (AvgIpc) is 3.16. The first-order chi connectivity index (χ1) is 12.7. The molecule has 0 fully saturated rings. The number of carbonyl (C=O) groups excluding carboxylic acids is 1. The van der Waals surface area contributed by atoms with Gasteiger partial charge < -0.3 is 13.9 Å². The summed E-state index contributed by atoms with van der Waals surface area (Å²) in [5.74, 6) is 1.02. The van der Waals surface area contributed by atoms with Crippen molar-refractivity contribution in [3.05, 3.63) is 65.5 Å². The second-order valence-electron chi connectivity index (χ2n) is 5.45. The molecule has 1 N–H and O–H groups in total. The number of aromatic nitrogens is 2. The van der Waals surface area contributed by atoms with Gasteiger partial charge in [0.1, 0.15) is 6.61 Å². The lowest BCUT2D eigenvalue weighted by Crippen LogP contribution is -2.21. The second kappa shape index (κ2) is 6.57. The number of ether oxygens (including phenoxy) is 2. The van der Waals surface area contributed by atoms with Gasteiger partial charge >= 0.3 is 6.01 Å². The van der Waals surface area contributed by atoms with E-state index in [0.717, 1.165) is 0 Å². The fourth-order valence-electron chi connectivity index (χ4n) is 2.42. The monoisotopic (exact) mass is 348 g/mol. The minimum atomic E-state index is -0.557. The Bertz CT molecular complexity index is 991. The van der Waals surface area contributed by atoms with E-state index in [9.17, 15) is 4.79 Å². The molecule has 0 spiro atoms. The van der Waals surface area contributed by atoms with Crippen molar-refractivity contribution in [3.8, 4) is 17.6 Å². The summed E-state index contributed by atoms with van der Waals surface area (Å²) in [4.78, 5) is 12.2. The summed E-state index contributed by atoms with van der Waals surface area (Å²) >= 11 is 0. The molecule has 1 atom stereocenters. The van der Waals surface area contributed by atoms with E-state index in [1.807, 2.05) is 24.3 Å². The van der Waals surface area contributed by atoms with Crippen LogP contribution >= 0.6 is 0 Å². The fourth-order valence-corrected chi connectivity index (χ4v) is 2.42. The summed E-state index contributed by atoms with van der Waals surface area (Å²) in [5.41, 5.74) is 0.839. The molecule has 3 aromatic rings. The first kappa shape index (κ1) is 15.7. The van der Waals surface area contributed by atoms with Crippen LogP contribution in [0.2, 0.25) is 0 Å². The third-order valence-corrected chi connectivity index (χ3v) is 3.72. The van der Waals surface area contributed by atoms with Crippen LogP contribution in [0.4, 0.5) is 6.01 Å². The minimum Gasteiger partial charge on any atom is -0.485 e. The number of carbonyl (C=O) groups is 1. The van der Waals surface area contributed by atoms with Crippen molar-refractivity contribution in [1.82, 2.24) is 10.2 Å². The molecular formula is C18H12N4O4. The van der Waals surface area contributed by atoms with Crippen LogP contribution in [0.15, 0.2) is 52.9 Å². The largest absolute Gasteiger partial charge is 0.485 e. The van der Waals surface area contributed by atoms with Gasteiger partial charge in [-0.05, 0) is 36.4 Å². The molecule has 0 saturated carbocycles. The molecule has 1 aromatic heterocycles. The van der Waals surface area contributed by atoms with Crippen molar-refractivity contribution in [2.24, 2.45) is 0 Å². The van der Waals surface area contributed by atoms with E-state index in [2.05, 4.69) is 15.5 Å². The van der Waals surface area contributed by atoms with E-state index in [1.165, 1.54) is 0 Å². The second-order valence-corrected chi connectivity index (χ2v) is 5.45. The molecule has 0 aliphatic carbocycles. The average molecular weight is 348 g/mol. The normalized spacial score (nSPS) is 15.1. The molecule has 128 valence electrons. The lowest BCUT2D eigenvalue weighted by atomic mass is 10.1. The predicted octanol–water partition coefficient (Wildman–Crippen LogP) is 2.71. The smallest absolute Gasteiger partial charge is 0.322 e. The molecule has 4 rings (SSSR count). The van der Waals surface area contributed by atoms with Gasteiger partial charge in [0.15, 0.2) is 11.5 Å². The Morgan fingerprint density at radius 3 is 2.65 bits per heavy atom. The highest BCUT2D eigenvalue weighted by Crippen LogP contribution is 2.35. The number of fused-ring (bicyclic) bond motifs is 1. The molecular weight excluding hydrogens is 336 g/mol. The maximum atomic E-state index is 12.2. The molecule has 8 heteroatoms. The number of nitrogens with one attached hydrogen (secondary N) is 1. The molecule has 0 radical (unpaired) electrons. The highest BCUT2D eigenvalue weighted by molar-refractivity contribution is 6.03. The summed E-state index contributed by atoms with van der Waals surface area (Å²) in [5, 5.41) is 19.0. The Kier molecular flexibility index (Phi) is 3.95. The zero-order valence-electron chi connectivity index (χ0n) is 13.4. The summed E-state index contributed by atoms with van der Waals surface area (Å²) in [7, 11) is 0. The number of rotatable bonds is 3. The van der Waals surface area contributed by atoms with E-state index in [4.69, 9.17) is 19.2 Å². The third kappa shape index (κ3) is 3.06. The van der Waals surface area contributed by atoms with Crippen LogP contribution < -0.4 is 14.8 Å². The number of nitrogens with zero attached hydrogens (tertiary/aromatic N) is 3. The number of benzene rings is 2. The van der Waals surface area contributed by atoms with E-state index in [-0.39, 0.29) is 18.5 Å². The van der Waals surface area contributed by atoms with E-state index in [0.29, 0.717) is 22.6 Å². The highest BCUT2D eigenvalue weighted by atomic mass is 16.6. The van der Waals surface area contributed by atoms with Crippen LogP contribution in [0.5, 0.6) is 11.5 Å². The Morgan fingerprint density at radius 1 is 1.12 bits per heavy atom. The van der Waals surface area contributed by atoms with Crippen LogP contribution in [-0.2, 0) is 0 Å². The van der Waals surface area contributed by atoms with Crippen molar-refractivity contribution in [1.29, 1.82) is 5.26 Å².